The van der Waals surface area contributed by atoms with Crippen molar-refractivity contribution in [3.05, 3.63) is 47.1 Å². The van der Waals surface area contributed by atoms with Gasteiger partial charge in [-0.25, -0.2) is 9.48 Å². The highest BCUT2D eigenvalue weighted by molar-refractivity contribution is 6.31. The molecule has 34 heavy (non-hydrogen) atoms. The van der Waals surface area contributed by atoms with E-state index >= 15 is 0 Å². The van der Waals surface area contributed by atoms with Crippen LogP contribution in [-0.4, -0.2) is 69.1 Å². The van der Waals surface area contributed by atoms with Crippen LogP contribution in [0.4, 0.5) is 10.6 Å². The Kier molecular flexibility index (Phi) is 6.87. The van der Waals surface area contributed by atoms with Crippen molar-refractivity contribution in [2.75, 3.05) is 25.5 Å². The summed E-state index contributed by atoms with van der Waals surface area (Å²) in [7, 11) is 1.59. The molecule has 1 saturated carbocycles. The number of esters is 1. The average Bonchev–Trinajstić information content (AvgIpc) is 3.33. The van der Waals surface area contributed by atoms with Crippen LogP contribution in [0, 0.1) is 0 Å². The Morgan fingerprint density at radius 1 is 1.15 bits per heavy atom. The van der Waals surface area contributed by atoms with Gasteiger partial charge in [0.25, 0.3) is 11.8 Å². The Morgan fingerprint density at radius 2 is 1.88 bits per heavy atom. The number of hydrogen-bond donors (Lipinski definition) is 1. The molecular formula is C23H26ClN5O5. The van der Waals surface area contributed by atoms with Gasteiger partial charge in [0.2, 0.25) is 0 Å². The number of carbonyl (C=O) groups is 4. The van der Waals surface area contributed by atoms with Crippen LogP contribution in [0.15, 0.2) is 36.5 Å². The van der Waals surface area contributed by atoms with Crippen LogP contribution >= 0.6 is 11.6 Å². The molecule has 2 aliphatic rings. The van der Waals surface area contributed by atoms with Crippen LogP contribution in [-0.2, 0) is 25.7 Å². The molecule has 1 aliphatic carbocycles. The highest BCUT2D eigenvalue weighted by Crippen LogP contribution is 2.39. The number of benzene rings is 1. The van der Waals surface area contributed by atoms with Crippen LogP contribution in [0.2, 0.25) is 5.02 Å². The van der Waals surface area contributed by atoms with Gasteiger partial charge in [0.1, 0.15) is 17.9 Å². The number of nitrogens with one attached hydrogen (secondary N) is 1. The van der Waals surface area contributed by atoms with Crippen molar-refractivity contribution in [2.24, 2.45) is 0 Å². The maximum absolute atomic E-state index is 13.0. The number of aromatic nitrogens is 2. The third-order valence-electron chi connectivity index (χ3n) is 6.40. The van der Waals surface area contributed by atoms with Crippen molar-refractivity contribution in [2.45, 2.75) is 44.2 Å². The summed E-state index contributed by atoms with van der Waals surface area (Å²) in [5, 5.41) is 7.40. The van der Waals surface area contributed by atoms with Gasteiger partial charge in [-0.3, -0.25) is 19.3 Å². The Balaban J connectivity index is 1.30. The Labute approximate surface area is 201 Å². The van der Waals surface area contributed by atoms with E-state index in [-0.39, 0.29) is 5.91 Å². The molecule has 1 aromatic heterocycles. The fourth-order valence-electron chi connectivity index (χ4n) is 4.52. The molecule has 0 bridgehead atoms. The molecule has 1 N–H and O–H groups in total. The van der Waals surface area contributed by atoms with Gasteiger partial charge in [0, 0.05) is 18.1 Å². The van der Waals surface area contributed by atoms with Gasteiger partial charge in [0.05, 0.1) is 12.7 Å². The molecule has 2 heterocycles. The first-order valence-electron chi connectivity index (χ1n) is 11.1. The number of amides is 4. The number of likely N-dealkylation sites (N-methyl/N-ethyl adjacent to an activating group) is 1. The molecule has 1 aromatic carbocycles. The molecule has 0 unspecified atom stereocenters. The smallest absolute Gasteiger partial charge is 0.327 e. The van der Waals surface area contributed by atoms with E-state index in [2.05, 4.69) is 10.4 Å². The number of carbonyl (C=O) groups excluding carboxylic acids is 4. The summed E-state index contributed by atoms with van der Waals surface area (Å²) in [6, 6.07) is 8.39. The SMILES string of the molecule is CN1C(=O)N(CC(=O)OCC(=O)Nc2ccnn2Cc2ccccc2Cl)C(=O)C12CCCCC2. The molecule has 4 rings (SSSR count). The molecule has 1 saturated heterocycles. The quantitative estimate of drug-likeness (QED) is 0.474. The second kappa shape index (κ2) is 9.84. The zero-order valence-electron chi connectivity index (χ0n) is 18.8. The topological polar surface area (TPSA) is 114 Å². The largest absolute Gasteiger partial charge is 0.454 e. The maximum Gasteiger partial charge on any atom is 0.327 e. The minimum Gasteiger partial charge on any atom is -0.454 e. The minimum atomic E-state index is -0.868. The molecule has 0 radical (unpaired) electrons. The number of nitrogens with zero attached hydrogens (tertiary/aromatic N) is 4. The second-order valence-corrected chi connectivity index (χ2v) is 8.91. The Hall–Kier alpha value is -3.40. The highest BCUT2D eigenvalue weighted by atomic mass is 35.5. The Morgan fingerprint density at radius 3 is 2.62 bits per heavy atom. The first-order chi connectivity index (χ1) is 16.3. The van der Waals surface area contributed by atoms with E-state index in [1.54, 1.807) is 23.9 Å². The number of imide groups is 1. The summed E-state index contributed by atoms with van der Waals surface area (Å²) in [6.45, 7) is -0.745. The highest BCUT2D eigenvalue weighted by Gasteiger charge is 2.55. The van der Waals surface area contributed by atoms with Gasteiger partial charge < -0.3 is 15.0 Å². The molecule has 2 fully saturated rings. The zero-order chi connectivity index (χ0) is 24.3. The molecular weight excluding hydrogens is 462 g/mol. The van der Waals surface area contributed by atoms with Gasteiger partial charge in [-0.05, 0) is 24.5 Å². The summed E-state index contributed by atoms with van der Waals surface area (Å²) >= 11 is 6.19. The average molecular weight is 488 g/mol. The van der Waals surface area contributed by atoms with E-state index < -0.39 is 36.6 Å². The lowest BCUT2D eigenvalue weighted by atomic mass is 9.81. The molecule has 1 aliphatic heterocycles. The zero-order valence-corrected chi connectivity index (χ0v) is 19.6. The van der Waals surface area contributed by atoms with Gasteiger partial charge in [-0.2, -0.15) is 5.10 Å². The van der Waals surface area contributed by atoms with Crippen molar-refractivity contribution < 1.29 is 23.9 Å². The van der Waals surface area contributed by atoms with E-state index in [0.29, 0.717) is 30.2 Å². The molecule has 11 heteroatoms. The Bertz CT molecular complexity index is 1110. The molecule has 180 valence electrons. The molecule has 1 spiro atoms. The van der Waals surface area contributed by atoms with Gasteiger partial charge in [-0.15, -0.1) is 0 Å². The predicted octanol–water partition coefficient (Wildman–Crippen LogP) is 2.66. The number of rotatable bonds is 7. The van der Waals surface area contributed by atoms with E-state index in [1.165, 1.54) is 11.1 Å². The first kappa shape index (κ1) is 23.7. The standard InChI is InChI=1S/C23H26ClN5O5/c1-27-22(33)28(21(32)23(27)10-5-2-6-11-23)14-20(31)34-15-19(30)26-18-9-12-25-29(18)13-16-7-3-4-8-17(16)24/h3-4,7-9,12H,2,5-6,10-11,13-15H2,1H3,(H,26,30). The third-order valence-corrected chi connectivity index (χ3v) is 6.77. The number of halogens is 1. The predicted molar refractivity (Wildman–Crippen MR) is 123 cm³/mol. The van der Waals surface area contributed by atoms with E-state index in [4.69, 9.17) is 16.3 Å². The third kappa shape index (κ3) is 4.63. The lowest BCUT2D eigenvalue weighted by Gasteiger charge is -2.35. The number of urea groups is 1. The number of anilines is 1. The summed E-state index contributed by atoms with van der Waals surface area (Å²) in [6.07, 6.45) is 5.43. The van der Waals surface area contributed by atoms with Crippen LogP contribution in [0.3, 0.4) is 0 Å². The van der Waals surface area contributed by atoms with Crippen LogP contribution in [0.5, 0.6) is 0 Å². The normalized spacial score (nSPS) is 17.4. The van der Waals surface area contributed by atoms with Crippen molar-refractivity contribution in [3.63, 3.8) is 0 Å². The fourth-order valence-corrected chi connectivity index (χ4v) is 4.72. The van der Waals surface area contributed by atoms with E-state index in [9.17, 15) is 19.2 Å². The second-order valence-electron chi connectivity index (χ2n) is 8.50. The van der Waals surface area contributed by atoms with Crippen LogP contribution < -0.4 is 5.32 Å². The summed E-state index contributed by atoms with van der Waals surface area (Å²) < 4.78 is 6.59. The summed E-state index contributed by atoms with van der Waals surface area (Å²) in [5.74, 6) is -1.37. The molecule has 0 atom stereocenters. The van der Waals surface area contributed by atoms with E-state index in [1.807, 2.05) is 18.2 Å². The maximum atomic E-state index is 13.0. The fraction of sp³-hybridized carbons (Fsp3) is 0.435. The summed E-state index contributed by atoms with van der Waals surface area (Å²) in [5.41, 5.74) is -0.0389. The number of ether oxygens (including phenoxy) is 1. The van der Waals surface area contributed by atoms with Gasteiger partial charge in [0.15, 0.2) is 6.61 Å². The van der Waals surface area contributed by atoms with Crippen molar-refractivity contribution in [1.82, 2.24) is 19.6 Å². The lowest BCUT2D eigenvalue weighted by molar-refractivity contribution is -0.150. The summed E-state index contributed by atoms with van der Waals surface area (Å²) in [4.78, 5) is 52.6. The van der Waals surface area contributed by atoms with Gasteiger partial charge in [-0.1, -0.05) is 49.1 Å². The van der Waals surface area contributed by atoms with E-state index in [0.717, 1.165) is 29.7 Å². The van der Waals surface area contributed by atoms with Crippen LogP contribution in [0.1, 0.15) is 37.7 Å². The molecule has 2 aromatic rings. The first-order valence-corrected chi connectivity index (χ1v) is 11.5. The monoisotopic (exact) mass is 487 g/mol. The molecule has 4 amide bonds. The van der Waals surface area contributed by atoms with Crippen molar-refractivity contribution in [3.8, 4) is 0 Å². The lowest BCUT2D eigenvalue weighted by Crippen LogP contribution is -2.49. The molecule has 10 nitrogen and oxygen atoms in total. The minimum absolute atomic E-state index is 0.344. The number of hydrogen-bond acceptors (Lipinski definition) is 6. The van der Waals surface area contributed by atoms with Gasteiger partial charge >= 0.3 is 12.0 Å². The van der Waals surface area contributed by atoms with Crippen molar-refractivity contribution >= 4 is 41.2 Å². The van der Waals surface area contributed by atoms with Crippen LogP contribution in [0.25, 0.3) is 0 Å². The van der Waals surface area contributed by atoms with Crippen molar-refractivity contribution in [1.29, 1.82) is 0 Å².